The van der Waals surface area contributed by atoms with Crippen LogP contribution in [0.3, 0.4) is 0 Å². The fourth-order valence-electron chi connectivity index (χ4n) is 2.86. The third-order valence-corrected chi connectivity index (χ3v) is 4.05. The summed E-state index contributed by atoms with van der Waals surface area (Å²) in [5, 5.41) is 0. The van der Waals surface area contributed by atoms with Crippen LogP contribution < -0.4 is 0 Å². The van der Waals surface area contributed by atoms with Gasteiger partial charge in [-0.25, -0.2) is 0 Å². The molecular formula is C13H26N2. The number of rotatable bonds is 3. The minimum absolute atomic E-state index is 0.723. The van der Waals surface area contributed by atoms with E-state index in [-0.39, 0.29) is 0 Å². The minimum atomic E-state index is 0.723. The highest BCUT2D eigenvalue weighted by atomic mass is 15.3. The summed E-state index contributed by atoms with van der Waals surface area (Å²) >= 11 is 0. The van der Waals surface area contributed by atoms with Gasteiger partial charge >= 0.3 is 0 Å². The first-order valence-electron chi connectivity index (χ1n) is 6.59. The summed E-state index contributed by atoms with van der Waals surface area (Å²) in [5.41, 5.74) is 0. The Kier molecular flexibility index (Phi) is 3.36. The monoisotopic (exact) mass is 210 g/mol. The van der Waals surface area contributed by atoms with Crippen molar-refractivity contribution in [1.29, 1.82) is 0 Å². The Morgan fingerprint density at radius 3 is 2.07 bits per heavy atom. The Morgan fingerprint density at radius 1 is 0.933 bits per heavy atom. The maximum Gasteiger partial charge on any atom is 0.0254 e. The van der Waals surface area contributed by atoms with Gasteiger partial charge in [-0.1, -0.05) is 0 Å². The van der Waals surface area contributed by atoms with Crippen LogP contribution >= 0.6 is 0 Å². The lowest BCUT2D eigenvalue weighted by atomic mass is 10.0. The molecule has 0 bridgehead atoms. The van der Waals surface area contributed by atoms with Crippen LogP contribution in [-0.2, 0) is 0 Å². The topological polar surface area (TPSA) is 6.48 Å². The van der Waals surface area contributed by atoms with Crippen molar-refractivity contribution in [3.63, 3.8) is 0 Å². The lowest BCUT2D eigenvalue weighted by Gasteiger charge is -2.45. The molecule has 1 heterocycles. The first-order chi connectivity index (χ1) is 7.09. The normalized spacial score (nSPS) is 30.4. The van der Waals surface area contributed by atoms with Crippen molar-refractivity contribution < 1.29 is 0 Å². The standard InChI is InChI=1S/C13H26N2/c1-10(2)14-7-8-15(11(3)4)13(9-14)12-5-6-12/h10-13H,5-9H2,1-4H3/t13-/m1/s1. The van der Waals surface area contributed by atoms with Crippen LogP contribution in [0.4, 0.5) is 0 Å². The Balaban J connectivity index is 1.99. The second-order valence-electron chi connectivity index (χ2n) is 5.83. The van der Waals surface area contributed by atoms with Crippen molar-refractivity contribution in [3.05, 3.63) is 0 Å². The highest BCUT2D eigenvalue weighted by molar-refractivity contribution is 4.94. The first-order valence-corrected chi connectivity index (χ1v) is 6.59. The van der Waals surface area contributed by atoms with Crippen LogP contribution in [-0.4, -0.2) is 47.6 Å². The van der Waals surface area contributed by atoms with Gasteiger partial charge in [0.15, 0.2) is 0 Å². The lowest BCUT2D eigenvalue weighted by Crippen LogP contribution is -2.57. The second-order valence-corrected chi connectivity index (χ2v) is 5.83. The SMILES string of the molecule is CC(C)N1CCN(C(C)C)[C@@H](C2CC2)C1. The van der Waals surface area contributed by atoms with Crippen LogP contribution in [0.2, 0.25) is 0 Å². The highest BCUT2D eigenvalue weighted by Crippen LogP contribution is 2.37. The highest BCUT2D eigenvalue weighted by Gasteiger charge is 2.39. The molecule has 0 amide bonds. The van der Waals surface area contributed by atoms with Gasteiger partial charge in [0, 0.05) is 37.8 Å². The van der Waals surface area contributed by atoms with Gasteiger partial charge < -0.3 is 0 Å². The molecule has 0 N–H and O–H groups in total. The fourth-order valence-corrected chi connectivity index (χ4v) is 2.86. The summed E-state index contributed by atoms with van der Waals surface area (Å²) in [5.74, 6) is 1.01. The number of hydrogen-bond donors (Lipinski definition) is 0. The molecule has 2 aliphatic rings. The van der Waals surface area contributed by atoms with Gasteiger partial charge in [-0.05, 0) is 46.5 Å². The average molecular weight is 210 g/mol. The van der Waals surface area contributed by atoms with Crippen LogP contribution in [0.5, 0.6) is 0 Å². The van der Waals surface area contributed by atoms with Crippen LogP contribution in [0.15, 0.2) is 0 Å². The Morgan fingerprint density at radius 2 is 1.60 bits per heavy atom. The molecule has 1 aliphatic carbocycles. The van der Waals surface area contributed by atoms with Gasteiger partial charge in [-0.3, -0.25) is 9.80 Å². The molecule has 0 spiro atoms. The van der Waals surface area contributed by atoms with Crippen molar-refractivity contribution in [3.8, 4) is 0 Å². The van der Waals surface area contributed by atoms with E-state index in [2.05, 4.69) is 37.5 Å². The number of hydrogen-bond acceptors (Lipinski definition) is 2. The first kappa shape index (κ1) is 11.4. The molecule has 2 heteroatoms. The van der Waals surface area contributed by atoms with E-state index < -0.39 is 0 Å². The molecule has 0 aromatic carbocycles. The lowest BCUT2D eigenvalue weighted by molar-refractivity contribution is 0.0264. The third-order valence-electron chi connectivity index (χ3n) is 4.05. The largest absolute Gasteiger partial charge is 0.298 e. The molecule has 1 saturated carbocycles. The maximum absolute atomic E-state index is 2.73. The van der Waals surface area contributed by atoms with E-state index in [4.69, 9.17) is 0 Å². The van der Waals surface area contributed by atoms with Gasteiger partial charge in [-0.15, -0.1) is 0 Å². The van der Waals surface area contributed by atoms with E-state index in [1.807, 2.05) is 0 Å². The van der Waals surface area contributed by atoms with Crippen LogP contribution in [0.25, 0.3) is 0 Å². The molecule has 0 unspecified atom stereocenters. The molecule has 1 saturated heterocycles. The van der Waals surface area contributed by atoms with Gasteiger partial charge in [0.05, 0.1) is 0 Å². The molecular weight excluding hydrogens is 184 g/mol. The molecule has 0 aromatic heterocycles. The van der Waals surface area contributed by atoms with Gasteiger partial charge in [-0.2, -0.15) is 0 Å². The number of nitrogens with zero attached hydrogens (tertiary/aromatic N) is 2. The van der Waals surface area contributed by atoms with Crippen molar-refractivity contribution in [2.45, 2.75) is 58.7 Å². The summed E-state index contributed by atoms with van der Waals surface area (Å²) in [7, 11) is 0. The van der Waals surface area contributed by atoms with Crippen molar-refractivity contribution in [2.24, 2.45) is 5.92 Å². The average Bonchev–Trinajstić information content (AvgIpc) is 2.99. The molecule has 1 atom stereocenters. The molecule has 2 fully saturated rings. The fraction of sp³-hybridized carbons (Fsp3) is 1.00. The molecule has 0 aromatic rings. The van der Waals surface area contributed by atoms with E-state index >= 15 is 0 Å². The summed E-state index contributed by atoms with van der Waals surface area (Å²) < 4.78 is 0. The van der Waals surface area contributed by atoms with Crippen molar-refractivity contribution in [2.75, 3.05) is 19.6 Å². The zero-order chi connectivity index (χ0) is 11.0. The molecule has 15 heavy (non-hydrogen) atoms. The summed E-state index contributed by atoms with van der Waals surface area (Å²) in [6.07, 6.45) is 2.94. The molecule has 2 rings (SSSR count). The molecule has 1 aliphatic heterocycles. The smallest absolute Gasteiger partial charge is 0.0254 e. The maximum atomic E-state index is 2.73. The second kappa shape index (κ2) is 4.42. The number of piperazine rings is 1. The van der Waals surface area contributed by atoms with Crippen molar-refractivity contribution in [1.82, 2.24) is 9.80 Å². The predicted octanol–water partition coefficient (Wildman–Crippen LogP) is 2.20. The van der Waals surface area contributed by atoms with E-state index in [1.54, 1.807) is 0 Å². The zero-order valence-electron chi connectivity index (χ0n) is 10.7. The Bertz CT molecular complexity index is 209. The van der Waals surface area contributed by atoms with E-state index in [0.717, 1.165) is 24.0 Å². The molecule has 88 valence electrons. The minimum Gasteiger partial charge on any atom is -0.298 e. The van der Waals surface area contributed by atoms with Crippen molar-refractivity contribution >= 4 is 0 Å². The summed E-state index contributed by atoms with van der Waals surface area (Å²) in [6.45, 7) is 13.2. The van der Waals surface area contributed by atoms with Gasteiger partial charge in [0.1, 0.15) is 0 Å². The van der Waals surface area contributed by atoms with Crippen LogP contribution in [0.1, 0.15) is 40.5 Å². The van der Waals surface area contributed by atoms with E-state index in [9.17, 15) is 0 Å². The van der Waals surface area contributed by atoms with Gasteiger partial charge in [0.25, 0.3) is 0 Å². The van der Waals surface area contributed by atoms with E-state index in [0.29, 0.717) is 0 Å². The van der Waals surface area contributed by atoms with Gasteiger partial charge in [0.2, 0.25) is 0 Å². The Hall–Kier alpha value is -0.0800. The van der Waals surface area contributed by atoms with Crippen LogP contribution in [0, 0.1) is 5.92 Å². The Labute approximate surface area is 94.6 Å². The van der Waals surface area contributed by atoms with E-state index in [1.165, 1.54) is 32.5 Å². The predicted molar refractivity (Wildman–Crippen MR) is 65.1 cm³/mol. The molecule has 0 radical (unpaired) electrons. The summed E-state index contributed by atoms with van der Waals surface area (Å²) in [6, 6.07) is 2.30. The summed E-state index contributed by atoms with van der Waals surface area (Å²) in [4.78, 5) is 5.39. The quantitative estimate of drug-likeness (QED) is 0.704. The zero-order valence-corrected chi connectivity index (χ0v) is 10.7. The third kappa shape index (κ3) is 2.54. The molecule has 2 nitrogen and oxygen atoms in total.